The lowest BCUT2D eigenvalue weighted by Gasteiger charge is -2.36. The molecule has 0 spiro atoms. The van der Waals surface area contributed by atoms with Crippen molar-refractivity contribution in [2.45, 2.75) is 71.0 Å². The summed E-state index contributed by atoms with van der Waals surface area (Å²) in [7, 11) is 1.62. The summed E-state index contributed by atoms with van der Waals surface area (Å²) in [4.78, 5) is 41.2. The van der Waals surface area contributed by atoms with E-state index in [-0.39, 0.29) is 42.3 Å². The summed E-state index contributed by atoms with van der Waals surface area (Å²) in [6.07, 6.45) is 0.723. The highest BCUT2D eigenvalue weighted by atomic mass is 16.5. The Morgan fingerprint density at radius 2 is 1.77 bits per heavy atom. The molecule has 2 N–H and O–H groups in total. The zero-order chi connectivity index (χ0) is 34.6. The number of rotatable bonds is 11. The highest BCUT2D eigenvalue weighted by Crippen LogP contribution is 2.40. The summed E-state index contributed by atoms with van der Waals surface area (Å²) >= 11 is 0. The Kier molecular flexibility index (Phi) is 10.7. The third kappa shape index (κ3) is 7.61. The smallest absolute Gasteiger partial charge is 0.321 e. The predicted molar refractivity (Wildman–Crippen MR) is 185 cm³/mol. The monoisotopic (exact) mass is 654 g/mol. The maximum Gasteiger partial charge on any atom is 0.321 e. The maximum absolute atomic E-state index is 14.0. The van der Waals surface area contributed by atoms with Crippen LogP contribution in [0.25, 0.3) is 0 Å². The molecule has 10 nitrogen and oxygen atoms in total. The van der Waals surface area contributed by atoms with Crippen LogP contribution in [0.5, 0.6) is 0 Å². The first-order valence-corrected chi connectivity index (χ1v) is 16.4. The van der Waals surface area contributed by atoms with E-state index in [0.29, 0.717) is 24.7 Å². The number of carbonyl (C=O) groups excluding carboxylic acids is 2. The number of amides is 2. The summed E-state index contributed by atoms with van der Waals surface area (Å²) in [5.74, 6) is -1.71. The fourth-order valence-corrected chi connectivity index (χ4v) is 6.92. The topological polar surface area (TPSA) is 121 Å². The highest BCUT2D eigenvalue weighted by molar-refractivity contribution is 5.98. The molecule has 4 atom stereocenters. The first kappa shape index (κ1) is 34.8. The molecule has 0 radical (unpaired) electrons. The molecule has 0 aromatic heterocycles. The number of ether oxygens (including phenoxy) is 2. The molecular weight excluding hydrogens is 608 g/mol. The number of carboxylic acids is 1. The Balaban J connectivity index is 1.35. The van der Waals surface area contributed by atoms with Crippen LogP contribution in [0.3, 0.4) is 0 Å². The van der Waals surface area contributed by atoms with Gasteiger partial charge in [-0.3, -0.25) is 19.3 Å². The van der Waals surface area contributed by atoms with E-state index in [1.165, 1.54) is 5.01 Å². The van der Waals surface area contributed by atoms with Gasteiger partial charge in [-0.15, -0.1) is 5.10 Å². The maximum atomic E-state index is 14.0. The van der Waals surface area contributed by atoms with Crippen molar-refractivity contribution < 1.29 is 29.0 Å². The van der Waals surface area contributed by atoms with Crippen molar-refractivity contribution in [3.63, 3.8) is 0 Å². The zero-order valence-corrected chi connectivity index (χ0v) is 28.6. The SMILES string of the molecule is COCC(C)C(C(=O)Nc1cccc(C2CCN(C(C)(C)C)[C@@H]2C(=O)O)c1C)c1ccc(CN2N=C(c3ccccc3)OCC2=O)cc1. The lowest BCUT2D eigenvalue weighted by Crippen LogP contribution is -2.49. The minimum absolute atomic E-state index is 0.0875. The second kappa shape index (κ2) is 14.7. The standard InChI is InChI=1S/C38H46N4O6/c1-24(22-47-6)33(27-17-15-26(16-18-27)21-42-32(43)23-48-36(40-42)28-11-8-7-9-12-28)35(44)39-31-14-10-13-29(25(31)2)30-19-20-41(38(3,4)5)34(30)37(45)46/h7-18,24,30,33-34H,19-23H2,1-6H3,(H,39,44)(H,45,46)/t24?,30?,33?,34-/m0/s1. The predicted octanol–water partition coefficient (Wildman–Crippen LogP) is 5.76. The number of methoxy groups -OCH3 is 1. The number of carbonyl (C=O) groups is 3. The Labute approximate surface area is 282 Å². The Bertz CT molecular complexity index is 1650. The van der Waals surface area contributed by atoms with Crippen LogP contribution in [0.2, 0.25) is 0 Å². The molecule has 1 saturated heterocycles. The van der Waals surface area contributed by atoms with Crippen LogP contribution >= 0.6 is 0 Å². The van der Waals surface area contributed by atoms with Crippen LogP contribution in [0.1, 0.15) is 73.8 Å². The lowest BCUT2D eigenvalue weighted by atomic mass is 9.85. The summed E-state index contributed by atoms with van der Waals surface area (Å²) in [5.41, 5.74) is 4.67. The molecule has 3 unspecified atom stereocenters. The summed E-state index contributed by atoms with van der Waals surface area (Å²) in [6.45, 7) is 11.3. The van der Waals surface area contributed by atoms with Gasteiger partial charge in [0.15, 0.2) is 6.61 Å². The van der Waals surface area contributed by atoms with Gasteiger partial charge in [-0.05, 0) is 80.5 Å². The van der Waals surface area contributed by atoms with Crippen molar-refractivity contribution in [3.8, 4) is 0 Å². The second-order valence-corrected chi connectivity index (χ2v) is 13.7. The van der Waals surface area contributed by atoms with E-state index in [9.17, 15) is 19.5 Å². The Morgan fingerprint density at radius 1 is 1.06 bits per heavy atom. The van der Waals surface area contributed by atoms with Crippen molar-refractivity contribution in [1.82, 2.24) is 9.91 Å². The van der Waals surface area contributed by atoms with Crippen LogP contribution in [0, 0.1) is 12.8 Å². The van der Waals surface area contributed by atoms with E-state index in [2.05, 4.69) is 15.3 Å². The molecule has 48 heavy (non-hydrogen) atoms. The molecule has 5 rings (SSSR count). The van der Waals surface area contributed by atoms with Gasteiger partial charge in [-0.25, -0.2) is 5.01 Å². The number of hydrogen-bond donors (Lipinski definition) is 2. The van der Waals surface area contributed by atoms with Crippen molar-refractivity contribution >= 4 is 29.4 Å². The molecule has 254 valence electrons. The third-order valence-corrected chi connectivity index (χ3v) is 9.35. The molecule has 10 heteroatoms. The van der Waals surface area contributed by atoms with Crippen LogP contribution in [-0.4, -0.2) is 77.1 Å². The molecule has 0 saturated carbocycles. The number of nitrogens with zero attached hydrogens (tertiary/aromatic N) is 3. The van der Waals surface area contributed by atoms with Gasteiger partial charge < -0.3 is 19.9 Å². The lowest BCUT2D eigenvalue weighted by molar-refractivity contribution is -0.144. The van der Waals surface area contributed by atoms with Gasteiger partial charge in [-0.1, -0.05) is 61.5 Å². The molecule has 3 aromatic rings. The molecule has 0 aliphatic carbocycles. The van der Waals surface area contributed by atoms with E-state index in [1.807, 2.05) is 107 Å². The van der Waals surface area contributed by atoms with E-state index < -0.39 is 17.9 Å². The highest BCUT2D eigenvalue weighted by Gasteiger charge is 2.45. The number of nitrogens with one attached hydrogen (secondary N) is 1. The van der Waals surface area contributed by atoms with Gasteiger partial charge in [0, 0.05) is 43.0 Å². The van der Waals surface area contributed by atoms with E-state index in [1.54, 1.807) is 7.11 Å². The van der Waals surface area contributed by atoms with Crippen LogP contribution in [0.4, 0.5) is 5.69 Å². The minimum atomic E-state index is -0.834. The molecule has 2 aliphatic rings. The average molecular weight is 655 g/mol. The van der Waals surface area contributed by atoms with Crippen LogP contribution < -0.4 is 5.32 Å². The number of carboxylic acid groups (broad SMARTS) is 1. The molecule has 2 heterocycles. The number of aliphatic carboxylic acids is 1. The van der Waals surface area contributed by atoms with Crippen molar-refractivity contribution in [1.29, 1.82) is 0 Å². The quantitative estimate of drug-likeness (QED) is 0.270. The molecule has 2 aliphatic heterocycles. The third-order valence-electron chi connectivity index (χ3n) is 9.35. The van der Waals surface area contributed by atoms with Gasteiger partial charge >= 0.3 is 5.97 Å². The zero-order valence-electron chi connectivity index (χ0n) is 28.6. The van der Waals surface area contributed by atoms with E-state index in [0.717, 1.165) is 34.2 Å². The molecule has 2 amide bonds. The number of likely N-dealkylation sites (tertiary alicyclic amines) is 1. The fraction of sp³-hybridized carbons (Fsp3) is 0.421. The van der Waals surface area contributed by atoms with E-state index >= 15 is 0 Å². The largest absolute Gasteiger partial charge is 0.480 e. The summed E-state index contributed by atoms with van der Waals surface area (Å²) in [6, 6.07) is 22.2. The first-order valence-electron chi connectivity index (χ1n) is 16.4. The van der Waals surface area contributed by atoms with E-state index in [4.69, 9.17) is 9.47 Å². The van der Waals surface area contributed by atoms with Gasteiger partial charge in [0.25, 0.3) is 5.91 Å². The number of anilines is 1. The molecule has 1 fully saturated rings. The number of hydrazone groups is 1. The fourth-order valence-electron chi connectivity index (χ4n) is 6.92. The Morgan fingerprint density at radius 3 is 2.42 bits per heavy atom. The van der Waals surface area contributed by atoms with Crippen LogP contribution in [0.15, 0.2) is 77.9 Å². The van der Waals surface area contributed by atoms with Crippen molar-refractivity contribution in [2.24, 2.45) is 11.0 Å². The molecule has 3 aromatic carbocycles. The van der Waals surface area contributed by atoms with Crippen LogP contribution in [-0.2, 0) is 30.4 Å². The van der Waals surface area contributed by atoms with Crippen molar-refractivity contribution in [2.75, 3.05) is 32.2 Å². The molecular formula is C38H46N4O6. The number of hydrogen-bond acceptors (Lipinski definition) is 7. The normalized spacial score (nSPS) is 19.8. The van der Waals surface area contributed by atoms with Gasteiger partial charge in [-0.2, -0.15) is 0 Å². The second-order valence-electron chi connectivity index (χ2n) is 13.7. The minimum Gasteiger partial charge on any atom is -0.480 e. The summed E-state index contributed by atoms with van der Waals surface area (Å²) < 4.78 is 11.0. The average Bonchev–Trinajstić information content (AvgIpc) is 3.51. The Hall–Kier alpha value is -4.54. The number of benzene rings is 3. The van der Waals surface area contributed by atoms with Gasteiger partial charge in [0.05, 0.1) is 12.5 Å². The molecule has 0 bridgehead atoms. The van der Waals surface area contributed by atoms with Gasteiger partial charge in [0.2, 0.25) is 11.8 Å². The first-order chi connectivity index (χ1) is 22.9. The van der Waals surface area contributed by atoms with Gasteiger partial charge in [0.1, 0.15) is 6.04 Å². The summed E-state index contributed by atoms with van der Waals surface area (Å²) in [5, 5.41) is 19.2. The van der Waals surface area contributed by atoms with Crippen molar-refractivity contribution in [3.05, 3.63) is 101 Å².